The van der Waals surface area contributed by atoms with Crippen LogP contribution in [0.1, 0.15) is 44.9 Å². The summed E-state index contributed by atoms with van der Waals surface area (Å²) in [4.78, 5) is 11.7. The number of rotatable bonds is 4. The maximum atomic E-state index is 11.7. The Kier molecular flexibility index (Phi) is 3.82. The van der Waals surface area contributed by atoms with Gasteiger partial charge in [0.25, 0.3) is 0 Å². The zero-order chi connectivity index (χ0) is 11.5. The second-order valence-electron chi connectivity index (χ2n) is 5.29. The summed E-state index contributed by atoms with van der Waals surface area (Å²) < 4.78 is 0. The van der Waals surface area contributed by atoms with Crippen molar-refractivity contribution in [1.82, 2.24) is 5.32 Å². The highest BCUT2D eigenvalue weighted by Gasteiger charge is 2.30. The molecule has 0 radical (unpaired) electrons. The van der Waals surface area contributed by atoms with Gasteiger partial charge in [-0.1, -0.05) is 0 Å². The van der Waals surface area contributed by atoms with E-state index in [0.717, 1.165) is 19.3 Å². The molecule has 4 N–H and O–H groups in total. The number of amides is 1. The molecule has 0 aromatic carbocycles. The van der Waals surface area contributed by atoms with E-state index in [-0.39, 0.29) is 24.1 Å². The van der Waals surface area contributed by atoms with E-state index in [1.54, 1.807) is 0 Å². The summed E-state index contributed by atoms with van der Waals surface area (Å²) in [5.41, 5.74) is 5.90. The smallest absolute Gasteiger partial charge is 0.221 e. The molecule has 0 saturated heterocycles. The summed E-state index contributed by atoms with van der Waals surface area (Å²) >= 11 is 0. The summed E-state index contributed by atoms with van der Waals surface area (Å²) in [5.74, 6) is 0.626. The van der Waals surface area contributed by atoms with Crippen LogP contribution in [-0.4, -0.2) is 29.2 Å². The number of carbonyl (C=O) groups is 1. The molecule has 2 aliphatic carbocycles. The molecular formula is C12H22N2O2. The lowest BCUT2D eigenvalue weighted by Gasteiger charge is -2.27. The van der Waals surface area contributed by atoms with Crippen LogP contribution in [0.5, 0.6) is 0 Å². The Bertz CT molecular complexity index is 253. The first-order chi connectivity index (χ1) is 7.65. The zero-order valence-electron chi connectivity index (χ0n) is 9.69. The van der Waals surface area contributed by atoms with Crippen molar-refractivity contribution in [1.29, 1.82) is 0 Å². The van der Waals surface area contributed by atoms with Crippen LogP contribution >= 0.6 is 0 Å². The van der Waals surface area contributed by atoms with Gasteiger partial charge in [0, 0.05) is 18.5 Å². The zero-order valence-corrected chi connectivity index (χ0v) is 9.69. The van der Waals surface area contributed by atoms with Crippen LogP contribution in [0.25, 0.3) is 0 Å². The minimum absolute atomic E-state index is 0.0357. The van der Waals surface area contributed by atoms with Crippen molar-refractivity contribution in [3.05, 3.63) is 0 Å². The highest BCUT2D eigenvalue weighted by molar-refractivity contribution is 5.77. The van der Waals surface area contributed by atoms with Crippen LogP contribution in [0.3, 0.4) is 0 Å². The van der Waals surface area contributed by atoms with E-state index in [9.17, 15) is 9.90 Å². The molecule has 92 valence electrons. The first-order valence-corrected chi connectivity index (χ1v) is 6.38. The fraction of sp³-hybridized carbons (Fsp3) is 0.917. The molecule has 2 saturated carbocycles. The number of hydrogen-bond donors (Lipinski definition) is 3. The van der Waals surface area contributed by atoms with Gasteiger partial charge in [-0.05, 0) is 44.4 Å². The van der Waals surface area contributed by atoms with Gasteiger partial charge in [-0.2, -0.15) is 0 Å². The van der Waals surface area contributed by atoms with E-state index in [1.165, 1.54) is 12.8 Å². The summed E-state index contributed by atoms with van der Waals surface area (Å²) in [7, 11) is 0. The number of aliphatic hydroxyl groups excluding tert-OH is 1. The number of nitrogens with one attached hydrogen (secondary N) is 1. The molecule has 0 bridgehead atoms. The van der Waals surface area contributed by atoms with E-state index >= 15 is 0 Å². The van der Waals surface area contributed by atoms with E-state index in [1.807, 2.05) is 0 Å². The fourth-order valence-corrected chi connectivity index (χ4v) is 2.49. The maximum absolute atomic E-state index is 11.7. The van der Waals surface area contributed by atoms with E-state index < -0.39 is 0 Å². The minimum Gasteiger partial charge on any atom is -0.393 e. The van der Waals surface area contributed by atoms with Gasteiger partial charge in [0.2, 0.25) is 5.91 Å². The lowest BCUT2D eigenvalue weighted by molar-refractivity contribution is -0.122. The Labute approximate surface area is 96.6 Å². The SMILES string of the molecule is NC(CC(=O)NC1CCCC(O)C1)C1CC1. The first-order valence-electron chi connectivity index (χ1n) is 6.38. The Morgan fingerprint density at radius 3 is 2.75 bits per heavy atom. The molecule has 0 heterocycles. The summed E-state index contributed by atoms with van der Waals surface area (Å²) in [6.07, 6.45) is 6.11. The number of nitrogens with two attached hydrogens (primary N) is 1. The molecule has 2 fully saturated rings. The Hall–Kier alpha value is -0.610. The predicted octanol–water partition coefficient (Wildman–Crippen LogP) is 0.533. The average molecular weight is 226 g/mol. The Balaban J connectivity index is 1.69. The van der Waals surface area contributed by atoms with E-state index in [0.29, 0.717) is 18.8 Å². The standard InChI is InChI=1S/C12H22N2O2/c13-11(8-4-5-8)7-12(16)14-9-2-1-3-10(15)6-9/h8-11,15H,1-7,13H2,(H,14,16). The van der Waals surface area contributed by atoms with Gasteiger partial charge < -0.3 is 16.2 Å². The largest absolute Gasteiger partial charge is 0.393 e. The van der Waals surface area contributed by atoms with Crippen molar-refractivity contribution in [2.75, 3.05) is 0 Å². The van der Waals surface area contributed by atoms with Crippen molar-refractivity contribution in [2.24, 2.45) is 11.7 Å². The maximum Gasteiger partial charge on any atom is 0.221 e. The molecule has 4 nitrogen and oxygen atoms in total. The van der Waals surface area contributed by atoms with Crippen LogP contribution in [0.4, 0.5) is 0 Å². The second-order valence-corrected chi connectivity index (χ2v) is 5.29. The minimum atomic E-state index is -0.240. The van der Waals surface area contributed by atoms with Crippen molar-refractivity contribution >= 4 is 5.91 Å². The van der Waals surface area contributed by atoms with Crippen LogP contribution in [0, 0.1) is 5.92 Å². The number of carbonyl (C=O) groups excluding carboxylic acids is 1. The van der Waals surface area contributed by atoms with Crippen LogP contribution in [0.2, 0.25) is 0 Å². The molecule has 0 aromatic rings. The predicted molar refractivity (Wildman–Crippen MR) is 61.7 cm³/mol. The van der Waals surface area contributed by atoms with Gasteiger partial charge in [-0.15, -0.1) is 0 Å². The molecular weight excluding hydrogens is 204 g/mol. The average Bonchev–Trinajstić information content (AvgIpc) is 2.99. The molecule has 1 amide bonds. The molecule has 2 rings (SSSR count). The van der Waals surface area contributed by atoms with Crippen LogP contribution in [-0.2, 0) is 4.79 Å². The monoisotopic (exact) mass is 226 g/mol. The summed E-state index contributed by atoms with van der Waals surface area (Å²) in [6, 6.07) is 0.191. The lowest BCUT2D eigenvalue weighted by atomic mass is 9.93. The highest BCUT2D eigenvalue weighted by atomic mass is 16.3. The van der Waals surface area contributed by atoms with Gasteiger partial charge in [-0.25, -0.2) is 0 Å². The molecule has 3 atom stereocenters. The number of aliphatic hydroxyl groups is 1. The van der Waals surface area contributed by atoms with Crippen LogP contribution < -0.4 is 11.1 Å². The quantitative estimate of drug-likeness (QED) is 0.654. The van der Waals surface area contributed by atoms with Crippen LogP contribution in [0.15, 0.2) is 0 Å². The van der Waals surface area contributed by atoms with Gasteiger partial charge >= 0.3 is 0 Å². The first kappa shape index (κ1) is 11.9. The molecule has 2 aliphatic rings. The fourth-order valence-electron chi connectivity index (χ4n) is 2.49. The van der Waals surface area contributed by atoms with E-state index in [2.05, 4.69) is 5.32 Å². The van der Waals surface area contributed by atoms with Gasteiger partial charge in [0.15, 0.2) is 0 Å². The van der Waals surface area contributed by atoms with Gasteiger partial charge in [0.05, 0.1) is 6.10 Å². The van der Waals surface area contributed by atoms with Crippen molar-refractivity contribution in [3.63, 3.8) is 0 Å². The Morgan fingerprint density at radius 2 is 2.12 bits per heavy atom. The molecule has 0 aromatic heterocycles. The van der Waals surface area contributed by atoms with Crippen molar-refractivity contribution in [3.8, 4) is 0 Å². The lowest BCUT2D eigenvalue weighted by Crippen LogP contribution is -2.42. The second kappa shape index (κ2) is 5.15. The molecule has 0 spiro atoms. The Morgan fingerprint density at radius 1 is 1.38 bits per heavy atom. The topological polar surface area (TPSA) is 75.4 Å². The molecule has 0 aliphatic heterocycles. The molecule has 16 heavy (non-hydrogen) atoms. The summed E-state index contributed by atoms with van der Waals surface area (Å²) in [6.45, 7) is 0. The summed E-state index contributed by atoms with van der Waals surface area (Å²) in [5, 5.41) is 12.5. The van der Waals surface area contributed by atoms with Gasteiger partial charge in [0.1, 0.15) is 0 Å². The van der Waals surface area contributed by atoms with E-state index in [4.69, 9.17) is 5.73 Å². The molecule has 4 heteroatoms. The third-order valence-corrected chi connectivity index (χ3v) is 3.66. The molecule has 3 unspecified atom stereocenters. The normalized spacial score (nSPS) is 32.1. The van der Waals surface area contributed by atoms with Crippen molar-refractivity contribution < 1.29 is 9.90 Å². The van der Waals surface area contributed by atoms with Crippen molar-refractivity contribution in [2.45, 2.75) is 63.1 Å². The highest BCUT2D eigenvalue weighted by Crippen LogP contribution is 2.32. The third-order valence-electron chi connectivity index (χ3n) is 3.66. The number of hydrogen-bond acceptors (Lipinski definition) is 3. The third kappa shape index (κ3) is 3.46. The van der Waals surface area contributed by atoms with Gasteiger partial charge in [-0.3, -0.25) is 4.79 Å².